The van der Waals surface area contributed by atoms with Crippen molar-refractivity contribution in [2.45, 2.75) is 44.8 Å². The number of amides is 1. The molecule has 11 nitrogen and oxygen atoms in total. The average Bonchev–Trinajstić information content (AvgIpc) is 3.39. The molecule has 2 saturated heterocycles. The number of aliphatic hydroxyl groups is 1. The minimum Gasteiger partial charge on any atom is -0.457 e. The van der Waals surface area contributed by atoms with Crippen LogP contribution >= 0.6 is 0 Å². The summed E-state index contributed by atoms with van der Waals surface area (Å²) < 4.78 is 10.7. The Morgan fingerprint density at radius 2 is 1.83 bits per heavy atom. The number of likely N-dealkylation sites (tertiary alicyclic amines) is 1. The molecule has 11 heteroatoms. The van der Waals surface area contributed by atoms with Crippen molar-refractivity contribution in [3.8, 4) is 11.3 Å². The molecule has 2 aliphatic heterocycles. The molecule has 0 saturated carbocycles. The number of aromatic nitrogens is 3. The Bertz CT molecular complexity index is 1400. The fraction of sp³-hybridized carbons (Fsp3) is 0.467. The molecule has 3 N–H and O–H groups in total. The van der Waals surface area contributed by atoms with Gasteiger partial charge in [0, 0.05) is 50.2 Å². The van der Waals surface area contributed by atoms with Crippen LogP contribution in [0.5, 0.6) is 0 Å². The number of rotatable bonds is 7. The van der Waals surface area contributed by atoms with Gasteiger partial charge >= 0.3 is 5.97 Å². The first kappa shape index (κ1) is 28.7. The molecule has 2 aromatic heterocycles. The molecule has 2 aliphatic rings. The molecular formula is C30H38N6O5. The van der Waals surface area contributed by atoms with E-state index in [-0.39, 0.29) is 5.97 Å². The largest absolute Gasteiger partial charge is 0.457 e. The Hall–Kier alpha value is -3.80. The predicted molar refractivity (Wildman–Crippen MR) is 157 cm³/mol. The van der Waals surface area contributed by atoms with Gasteiger partial charge in [0.15, 0.2) is 0 Å². The summed E-state index contributed by atoms with van der Waals surface area (Å²) in [5, 5.41) is 14.9. The number of ether oxygens (including phenoxy) is 2. The number of nitrogens with zero attached hydrogens (tertiary/aromatic N) is 4. The normalized spacial score (nSPS) is 18.1. The number of aromatic amines is 1. The van der Waals surface area contributed by atoms with E-state index in [4.69, 9.17) is 9.47 Å². The summed E-state index contributed by atoms with van der Waals surface area (Å²) in [6.07, 6.45) is 5.36. The van der Waals surface area contributed by atoms with E-state index in [0.717, 1.165) is 41.2 Å². The van der Waals surface area contributed by atoms with Gasteiger partial charge in [-0.25, -0.2) is 14.8 Å². The van der Waals surface area contributed by atoms with Gasteiger partial charge in [-0.1, -0.05) is 18.2 Å². The molecule has 0 atom stereocenters. The summed E-state index contributed by atoms with van der Waals surface area (Å²) in [7, 11) is 0. The summed E-state index contributed by atoms with van der Waals surface area (Å²) in [6.45, 7) is 10.0. The van der Waals surface area contributed by atoms with Gasteiger partial charge in [0.2, 0.25) is 0 Å². The SMILES string of the molecule is CC(C)(C)OC(=O)/C=C/CN1CCC(O)(C(=O)Nc2ccc(-c3cc4c(N5CCOCC5)ncnc4[nH]3)cc2)CC1. The molecule has 0 bridgehead atoms. The summed E-state index contributed by atoms with van der Waals surface area (Å²) in [5.74, 6) is 0.0978. The number of esters is 1. The van der Waals surface area contributed by atoms with Crippen LogP contribution in [0, 0.1) is 0 Å². The zero-order valence-corrected chi connectivity index (χ0v) is 23.9. The highest BCUT2D eigenvalue weighted by Crippen LogP contribution is 2.30. The maximum atomic E-state index is 13.0. The minimum absolute atomic E-state index is 0.304. The highest BCUT2D eigenvalue weighted by molar-refractivity contribution is 5.97. The zero-order valence-electron chi connectivity index (χ0n) is 23.9. The number of hydrogen-bond donors (Lipinski definition) is 3. The van der Waals surface area contributed by atoms with Crippen molar-refractivity contribution >= 4 is 34.4 Å². The molecule has 0 spiro atoms. The third kappa shape index (κ3) is 7.10. The van der Waals surface area contributed by atoms with Crippen molar-refractivity contribution < 1.29 is 24.2 Å². The van der Waals surface area contributed by atoms with E-state index in [1.165, 1.54) is 6.08 Å². The van der Waals surface area contributed by atoms with Crippen LogP contribution in [0.3, 0.4) is 0 Å². The van der Waals surface area contributed by atoms with Crippen LogP contribution in [0.1, 0.15) is 33.6 Å². The molecule has 1 aromatic carbocycles. The lowest BCUT2D eigenvalue weighted by Gasteiger charge is -2.36. The van der Waals surface area contributed by atoms with E-state index in [0.29, 0.717) is 51.4 Å². The second kappa shape index (κ2) is 12.0. The lowest BCUT2D eigenvalue weighted by molar-refractivity contribution is -0.148. The fourth-order valence-corrected chi connectivity index (χ4v) is 5.06. The number of carbonyl (C=O) groups is 2. The zero-order chi connectivity index (χ0) is 29.0. The van der Waals surface area contributed by atoms with Gasteiger partial charge in [-0.2, -0.15) is 0 Å². The monoisotopic (exact) mass is 562 g/mol. The standard InChI is InChI=1S/C30H38N6O5/c1-29(2,3)41-25(37)5-4-12-35-13-10-30(39,11-14-35)28(38)33-22-8-6-21(7-9-22)24-19-23-26(34-24)31-20-32-27(23)36-15-17-40-18-16-36/h4-9,19-20,39H,10-18H2,1-3H3,(H,33,38)(H,31,32,34)/b5-4+. The highest BCUT2D eigenvalue weighted by atomic mass is 16.6. The second-order valence-electron chi connectivity index (χ2n) is 11.5. The quantitative estimate of drug-likeness (QED) is 0.293. The van der Waals surface area contributed by atoms with Gasteiger partial charge in [-0.15, -0.1) is 0 Å². The van der Waals surface area contributed by atoms with Crippen LogP contribution in [-0.4, -0.2) is 94.0 Å². The Balaban J connectivity index is 1.16. The van der Waals surface area contributed by atoms with Gasteiger partial charge in [0.05, 0.1) is 18.6 Å². The first-order chi connectivity index (χ1) is 19.6. The van der Waals surface area contributed by atoms with Crippen LogP contribution < -0.4 is 10.2 Å². The summed E-state index contributed by atoms with van der Waals surface area (Å²) in [5.41, 5.74) is 1.24. The Kier molecular flexibility index (Phi) is 8.39. The van der Waals surface area contributed by atoms with E-state index in [2.05, 4.69) is 30.1 Å². The van der Waals surface area contributed by atoms with Gasteiger partial charge < -0.3 is 29.8 Å². The number of anilines is 2. The van der Waals surface area contributed by atoms with Crippen molar-refractivity contribution in [3.63, 3.8) is 0 Å². The third-order valence-electron chi connectivity index (χ3n) is 7.30. The lowest BCUT2D eigenvalue weighted by Crippen LogP contribution is -2.51. The maximum absolute atomic E-state index is 13.0. The number of fused-ring (bicyclic) bond motifs is 1. The van der Waals surface area contributed by atoms with Crippen LogP contribution in [0.25, 0.3) is 22.3 Å². The molecule has 1 amide bonds. The number of carbonyl (C=O) groups excluding carboxylic acids is 2. The van der Waals surface area contributed by atoms with Crippen LogP contribution in [-0.2, 0) is 19.1 Å². The lowest BCUT2D eigenvalue weighted by atomic mass is 9.90. The molecule has 3 aromatic rings. The van der Waals surface area contributed by atoms with Gasteiger partial charge in [0.25, 0.3) is 5.91 Å². The van der Waals surface area contributed by atoms with Crippen molar-refractivity contribution in [2.75, 3.05) is 56.2 Å². The van der Waals surface area contributed by atoms with E-state index >= 15 is 0 Å². The molecule has 4 heterocycles. The highest BCUT2D eigenvalue weighted by Gasteiger charge is 2.39. The number of nitrogens with one attached hydrogen (secondary N) is 2. The Morgan fingerprint density at radius 1 is 1.12 bits per heavy atom. The minimum atomic E-state index is -1.45. The van der Waals surface area contributed by atoms with Crippen molar-refractivity contribution in [1.82, 2.24) is 19.9 Å². The number of morpholine rings is 1. The van der Waals surface area contributed by atoms with Gasteiger partial charge in [-0.3, -0.25) is 9.69 Å². The van der Waals surface area contributed by atoms with E-state index in [1.807, 2.05) is 51.1 Å². The molecule has 0 aliphatic carbocycles. The number of H-pyrrole nitrogens is 1. The summed E-state index contributed by atoms with van der Waals surface area (Å²) in [4.78, 5) is 41.4. The molecule has 0 unspecified atom stereocenters. The first-order valence-corrected chi connectivity index (χ1v) is 14.0. The van der Waals surface area contributed by atoms with E-state index < -0.39 is 17.1 Å². The Labute approximate surface area is 239 Å². The third-order valence-corrected chi connectivity index (χ3v) is 7.30. The van der Waals surface area contributed by atoms with E-state index in [9.17, 15) is 14.7 Å². The van der Waals surface area contributed by atoms with E-state index in [1.54, 1.807) is 12.4 Å². The number of piperidine rings is 1. The molecule has 2 fully saturated rings. The van der Waals surface area contributed by atoms with Crippen molar-refractivity contribution in [2.24, 2.45) is 0 Å². The second-order valence-corrected chi connectivity index (χ2v) is 11.5. The van der Waals surface area contributed by atoms with Crippen molar-refractivity contribution in [1.29, 1.82) is 0 Å². The van der Waals surface area contributed by atoms with Gasteiger partial charge in [-0.05, 0) is 57.4 Å². The molecule has 5 rings (SSSR count). The van der Waals surface area contributed by atoms with Crippen LogP contribution in [0.2, 0.25) is 0 Å². The fourth-order valence-electron chi connectivity index (χ4n) is 5.06. The molecule has 0 radical (unpaired) electrons. The summed E-state index contributed by atoms with van der Waals surface area (Å²) in [6, 6.07) is 9.55. The predicted octanol–water partition coefficient (Wildman–Crippen LogP) is 3.12. The molecule has 218 valence electrons. The molecule has 41 heavy (non-hydrogen) atoms. The smallest absolute Gasteiger partial charge is 0.330 e. The summed E-state index contributed by atoms with van der Waals surface area (Å²) >= 11 is 0. The maximum Gasteiger partial charge on any atom is 0.330 e. The first-order valence-electron chi connectivity index (χ1n) is 14.0. The number of benzene rings is 1. The van der Waals surface area contributed by atoms with Crippen molar-refractivity contribution in [3.05, 3.63) is 48.8 Å². The van der Waals surface area contributed by atoms with Crippen LogP contribution in [0.4, 0.5) is 11.5 Å². The Morgan fingerprint density at radius 3 is 2.51 bits per heavy atom. The topological polar surface area (TPSA) is 133 Å². The number of hydrogen-bond acceptors (Lipinski definition) is 9. The average molecular weight is 563 g/mol. The molecular weight excluding hydrogens is 524 g/mol. The van der Waals surface area contributed by atoms with Crippen LogP contribution in [0.15, 0.2) is 48.8 Å². The van der Waals surface area contributed by atoms with Gasteiger partial charge in [0.1, 0.15) is 29.0 Å².